The third-order valence-electron chi connectivity index (χ3n) is 5.33. The predicted molar refractivity (Wildman–Crippen MR) is 129 cm³/mol. The molecule has 0 saturated heterocycles. The first-order chi connectivity index (χ1) is 15.7. The average molecular weight is 423 g/mol. The van der Waals surface area contributed by atoms with Crippen LogP contribution in [0.4, 0.5) is 0 Å². The molecule has 160 valence electrons. The van der Waals surface area contributed by atoms with Crippen molar-refractivity contribution in [1.82, 2.24) is 0 Å². The average Bonchev–Trinajstić information content (AvgIpc) is 2.85. The highest BCUT2D eigenvalue weighted by molar-refractivity contribution is 5.98. The van der Waals surface area contributed by atoms with Crippen molar-refractivity contribution in [1.29, 1.82) is 0 Å². The summed E-state index contributed by atoms with van der Waals surface area (Å²) in [5, 5.41) is 19.6. The van der Waals surface area contributed by atoms with Gasteiger partial charge in [-0.3, -0.25) is 0 Å². The number of rotatable bonds is 8. The van der Waals surface area contributed by atoms with E-state index in [4.69, 9.17) is 4.74 Å². The van der Waals surface area contributed by atoms with Crippen LogP contribution < -0.4 is 4.74 Å². The molecule has 3 heteroatoms. The molecule has 0 saturated carbocycles. The van der Waals surface area contributed by atoms with Gasteiger partial charge < -0.3 is 14.9 Å². The molecule has 0 atom stereocenters. The molecule has 0 spiro atoms. The minimum atomic E-state index is 0.0457. The van der Waals surface area contributed by atoms with Crippen LogP contribution in [-0.2, 0) is 6.61 Å². The molecule has 0 amide bonds. The Morgan fingerprint density at radius 3 is 1.78 bits per heavy atom. The molecule has 0 aliphatic carbocycles. The molecule has 4 rings (SSSR count). The number of benzene rings is 4. The highest BCUT2D eigenvalue weighted by Crippen LogP contribution is 2.35. The Kier molecular flexibility index (Phi) is 7.01. The molecule has 0 aromatic heterocycles. The van der Waals surface area contributed by atoms with Crippen molar-refractivity contribution in [3.63, 3.8) is 0 Å². The van der Waals surface area contributed by atoms with Crippen LogP contribution >= 0.6 is 0 Å². The minimum Gasteiger partial charge on any atom is -0.508 e. The van der Waals surface area contributed by atoms with Gasteiger partial charge in [-0.1, -0.05) is 84.9 Å². The van der Waals surface area contributed by atoms with E-state index in [1.165, 1.54) is 0 Å². The molecule has 4 aromatic carbocycles. The lowest BCUT2D eigenvalue weighted by Crippen LogP contribution is -1.99. The van der Waals surface area contributed by atoms with E-state index in [2.05, 4.69) is 12.1 Å². The Labute approximate surface area is 188 Å². The normalized spacial score (nSPS) is 11.7. The summed E-state index contributed by atoms with van der Waals surface area (Å²) in [5.74, 6) is 1.02. The Hall–Kier alpha value is -3.82. The molecule has 0 radical (unpaired) electrons. The maximum Gasteiger partial charge on any atom is 0.119 e. The summed E-state index contributed by atoms with van der Waals surface area (Å²) in [4.78, 5) is 0. The third kappa shape index (κ3) is 5.26. The van der Waals surface area contributed by atoms with Crippen molar-refractivity contribution < 1.29 is 14.9 Å². The fourth-order valence-corrected chi connectivity index (χ4v) is 3.77. The molecule has 0 bridgehead atoms. The molecule has 2 N–H and O–H groups in total. The highest BCUT2D eigenvalue weighted by Gasteiger charge is 2.14. The summed E-state index contributed by atoms with van der Waals surface area (Å²) in [5.41, 5.74) is 6.27. The first-order valence-electron chi connectivity index (χ1n) is 10.7. The third-order valence-corrected chi connectivity index (χ3v) is 5.33. The zero-order valence-electron chi connectivity index (χ0n) is 17.8. The second-order valence-electron chi connectivity index (χ2n) is 7.54. The molecule has 0 fully saturated rings. The van der Waals surface area contributed by atoms with Crippen LogP contribution in [0.3, 0.4) is 0 Å². The van der Waals surface area contributed by atoms with Crippen LogP contribution in [0.2, 0.25) is 0 Å². The number of phenolic OH excluding ortho intramolecular Hbond substituents is 1. The van der Waals surface area contributed by atoms with Gasteiger partial charge in [0, 0.05) is 6.61 Å². The largest absolute Gasteiger partial charge is 0.508 e. The van der Waals surface area contributed by atoms with Gasteiger partial charge in [-0.05, 0) is 64.1 Å². The number of ether oxygens (including phenoxy) is 1. The smallest absolute Gasteiger partial charge is 0.119 e. The molecule has 3 nitrogen and oxygen atoms in total. The zero-order valence-corrected chi connectivity index (χ0v) is 17.8. The standard InChI is InChI=1S/C29H26O3/c30-20-19-28(23-9-5-2-6-10-23)29(24-11-15-26(31)16-12-24)25-13-17-27(18-14-25)32-21-22-7-3-1-4-8-22/h1-18,30-31H,19-21H2/b29-28-. The fraction of sp³-hybridized carbons (Fsp3) is 0.103. The van der Waals surface area contributed by atoms with Crippen LogP contribution in [0.15, 0.2) is 109 Å². The number of hydrogen-bond acceptors (Lipinski definition) is 3. The summed E-state index contributed by atoms with van der Waals surface area (Å²) in [6, 6.07) is 35.4. The summed E-state index contributed by atoms with van der Waals surface area (Å²) >= 11 is 0. The Morgan fingerprint density at radius 2 is 1.19 bits per heavy atom. The van der Waals surface area contributed by atoms with Crippen LogP contribution in [0.5, 0.6) is 11.5 Å². The van der Waals surface area contributed by atoms with Crippen LogP contribution in [0.25, 0.3) is 11.1 Å². The van der Waals surface area contributed by atoms with Crippen LogP contribution in [-0.4, -0.2) is 16.8 Å². The number of aliphatic hydroxyl groups is 1. The topological polar surface area (TPSA) is 49.7 Å². The van der Waals surface area contributed by atoms with E-state index >= 15 is 0 Å². The SMILES string of the molecule is OCC/C(=C(\c1ccc(O)cc1)c1ccc(OCc2ccccc2)cc1)c1ccccc1. The second-order valence-corrected chi connectivity index (χ2v) is 7.54. The molecule has 4 aromatic rings. The van der Waals surface area contributed by atoms with Gasteiger partial charge in [0.25, 0.3) is 0 Å². The molecule has 0 aliphatic rings. The lowest BCUT2D eigenvalue weighted by Gasteiger charge is -2.17. The predicted octanol–water partition coefficient (Wildman–Crippen LogP) is 6.31. The maximum absolute atomic E-state index is 9.81. The number of phenols is 1. The van der Waals surface area contributed by atoms with Gasteiger partial charge in [0.2, 0.25) is 0 Å². The summed E-state index contributed by atoms with van der Waals surface area (Å²) in [7, 11) is 0. The monoisotopic (exact) mass is 422 g/mol. The van der Waals surface area contributed by atoms with Crippen molar-refractivity contribution in [2.45, 2.75) is 13.0 Å². The zero-order chi connectivity index (χ0) is 22.2. The fourth-order valence-electron chi connectivity index (χ4n) is 3.77. The second kappa shape index (κ2) is 10.5. The molecule has 32 heavy (non-hydrogen) atoms. The number of aliphatic hydroxyl groups excluding tert-OH is 1. The molecular formula is C29H26O3. The molecular weight excluding hydrogens is 396 g/mol. The first-order valence-corrected chi connectivity index (χ1v) is 10.7. The van der Waals surface area contributed by atoms with Crippen molar-refractivity contribution in [3.05, 3.63) is 131 Å². The van der Waals surface area contributed by atoms with Gasteiger partial charge in [0.1, 0.15) is 18.1 Å². The van der Waals surface area contributed by atoms with E-state index in [0.29, 0.717) is 13.0 Å². The van der Waals surface area contributed by atoms with Gasteiger partial charge in [0.15, 0.2) is 0 Å². The van der Waals surface area contributed by atoms with E-state index in [9.17, 15) is 10.2 Å². The molecule has 0 aliphatic heterocycles. The van der Waals surface area contributed by atoms with Gasteiger partial charge in [-0.2, -0.15) is 0 Å². The quantitative estimate of drug-likeness (QED) is 0.327. The van der Waals surface area contributed by atoms with Crippen molar-refractivity contribution >= 4 is 11.1 Å². The molecule has 0 unspecified atom stereocenters. The number of hydrogen-bond donors (Lipinski definition) is 2. The van der Waals surface area contributed by atoms with Crippen LogP contribution in [0.1, 0.15) is 28.7 Å². The Balaban J connectivity index is 1.72. The van der Waals surface area contributed by atoms with Crippen LogP contribution in [0, 0.1) is 0 Å². The first kappa shape index (κ1) is 21.4. The van der Waals surface area contributed by atoms with Gasteiger partial charge in [-0.25, -0.2) is 0 Å². The lowest BCUT2D eigenvalue weighted by molar-refractivity contribution is 0.305. The highest BCUT2D eigenvalue weighted by atomic mass is 16.5. The lowest BCUT2D eigenvalue weighted by atomic mass is 9.88. The van der Waals surface area contributed by atoms with E-state index < -0.39 is 0 Å². The maximum atomic E-state index is 9.81. The van der Waals surface area contributed by atoms with E-state index in [-0.39, 0.29) is 12.4 Å². The number of aromatic hydroxyl groups is 1. The summed E-state index contributed by atoms with van der Waals surface area (Å²) in [6.45, 7) is 0.560. The van der Waals surface area contributed by atoms with E-state index in [1.807, 2.05) is 84.9 Å². The van der Waals surface area contributed by atoms with Crippen molar-refractivity contribution in [2.75, 3.05) is 6.61 Å². The van der Waals surface area contributed by atoms with E-state index in [0.717, 1.165) is 39.1 Å². The van der Waals surface area contributed by atoms with E-state index in [1.54, 1.807) is 12.1 Å². The Bertz CT molecular complexity index is 1150. The van der Waals surface area contributed by atoms with Gasteiger partial charge in [-0.15, -0.1) is 0 Å². The minimum absolute atomic E-state index is 0.0457. The Morgan fingerprint density at radius 1 is 0.625 bits per heavy atom. The summed E-state index contributed by atoms with van der Waals surface area (Å²) in [6.07, 6.45) is 0.520. The van der Waals surface area contributed by atoms with Crippen molar-refractivity contribution in [2.24, 2.45) is 0 Å². The van der Waals surface area contributed by atoms with Crippen molar-refractivity contribution in [3.8, 4) is 11.5 Å². The molecule has 0 heterocycles. The summed E-state index contributed by atoms with van der Waals surface area (Å²) < 4.78 is 5.95. The van der Waals surface area contributed by atoms with Gasteiger partial charge >= 0.3 is 0 Å². The van der Waals surface area contributed by atoms with Gasteiger partial charge in [0.05, 0.1) is 0 Å².